The van der Waals surface area contributed by atoms with E-state index in [1.165, 1.54) is 16.8 Å². The average Bonchev–Trinajstić information content (AvgIpc) is 3.32. The van der Waals surface area contributed by atoms with E-state index in [0.29, 0.717) is 31.1 Å². The van der Waals surface area contributed by atoms with Gasteiger partial charge >= 0.3 is 0 Å². The van der Waals surface area contributed by atoms with Crippen LogP contribution in [0.2, 0.25) is 0 Å². The lowest BCUT2D eigenvalue weighted by Gasteiger charge is -2.15. The van der Waals surface area contributed by atoms with Crippen LogP contribution in [-0.4, -0.2) is 58.1 Å². The lowest BCUT2D eigenvalue weighted by Crippen LogP contribution is -2.28. The zero-order valence-corrected chi connectivity index (χ0v) is 16.8. The molecule has 2 amide bonds. The second-order valence-corrected chi connectivity index (χ2v) is 7.42. The Kier molecular flexibility index (Phi) is 5.37. The number of benzene rings is 1. The van der Waals surface area contributed by atoms with Gasteiger partial charge in [-0.1, -0.05) is 17.7 Å². The molecule has 4 rings (SSSR count). The first-order chi connectivity index (χ1) is 14.5. The van der Waals surface area contributed by atoms with Crippen LogP contribution in [0, 0.1) is 6.92 Å². The fourth-order valence-electron chi connectivity index (χ4n) is 3.60. The number of carbonyl (C=O) groups is 2. The highest BCUT2D eigenvalue weighted by atomic mass is 16.5. The highest BCUT2D eigenvalue weighted by Crippen LogP contribution is 2.26. The number of fused-ring (bicyclic) bond motifs is 1. The van der Waals surface area contributed by atoms with Gasteiger partial charge in [-0.15, -0.1) is 0 Å². The minimum absolute atomic E-state index is 0.00505. The number of hydrogen-bond acceptors (Lipinski definition) is 5. The molecule has 0 saturated carbocycles. The smallest absolute Gasteiger partial charge is 0.272 e. The summed E-state index contributed by atoms with van der Waals surface area (Å²) in [6.07, 6.45) is 1.74. The number of likely N-dealkylation sites (tertiary alicyclic amines) is 1. The van der Waals surface area contributed by atoms with E-state index in [9.17, 15) is 14.4 Å². The van der Waals surface area contributed by atoms with Gasteiger partial charge in [0.25, 0.3) is 11.5 Å². The maximum atomic E-state index is 12.8. The topological polar surface area (TPSA) is 109 Å². The molecule has 0 bridgehead atoms. The van der Waals surface area contributed by atoms with Crippen LogP contribution in [0.4, 0.5) is 5.69 Å². The molecule has 1 fully saturated rings. The Labute approximate surface area is 172 Å². The molecule has 0 unspecified atom stereocenters. The molecule has 2 aromatic heterocycles. The van der Waals surface area contributed by atoms with E-state index in [1.54, 1.807) is 12.0 Å². The number of H-pyrrole nitrogens is 1. The molecular formula is C21H23N5O4. The van der Waals surface area contributed by atoms with Crippen LogP contribution in [0.3, 0.4) is 0 Å². The molecule has 0 spiro atoms. The van der Waals surface area contributed by atoms with E-state index < -0.39 is 0 Å². The first-order valence-corrected chi connectivity index (χ1v) is 9.72. The predicted octanol–water partition coefficient (Wildman–Crippen LogP) is 1.55. The zero-order chi connectivity index (χ0) is 21.3. The van der Waals surface area contributed by atoms with E-state index in [-0.39, 0.29) is 40.9 Å². The van der Waals surface area contributed by atoms with E-state index >= 15 is 0 Å². The Hall–Kier alpha value is -3.46. The van der Waals surface area contributed by atoms with Crippen molar-refractivity contribution >= 4 is 23.1 Å². The van der Waals surface area contributed by atoms with Crippen molar-refractivity contribution < 1.29 is 14.3 Å². The van der Waals surface area contributed by atoms with Gasteiger partial charge in [0.15, 0.2) is 5.65 Å². The third-order valence-corrected chi connectivity index (χ3v) is 5.27. The summed E-state index contributed by atoms with van der Waals surface area (Å²) >= 11 is 0. The van der Waals surface area contributed by atoms with Crippen LogP contribution in [0.1, 0.15) is 34.0 Å². The zero-order valence-electron chi connectivity index (χ0n) is 16.8. The molecule has 30 heavy (non-hydrogen) atoms. The van der Waals surface area contributed by atoms with Crippen molar-refractivity contribution in [2.75, 3.05) is 32.1 Å². The number of methoxy groups -OCH3 is 1. The van der Waals surface area contributed by atoms with Crippen LogP contribution in [0.15, 0.2) is 41.3 Å². The first-order valence-electron chi connectivity index (χ1n) is 9.72. The molecule has 1 aromatic carbocycles. The SMILES string of the molecule is COCCN1C[C@@H](c2cc(=O)n3[nH]cc(C(=O)Nc4ccc(C)cc4)c3n2)CC1=O. The minimum atomic E-state index is -0.370. The van der Waals surface area contributed by atoms with Gasteiger partial charge in [0.05, 0.1) is 12.3 Å². The first kappa shape index (κ1) is 19.8. The predicted molar refractivity (Wildman–Crippen MR) is 111 cm³/mol. The van der Waals surface area contributed by atoms with E-state index in [4.69, 9.17) is 4.74 Å². The molecule has 9 heteroatoms. The largest absolute Gasteiger partial charge is 0.383 e. The van der Waals surface area contributed by atoms with E-state index in [1.807, 2.05) is 31.2 Å². The Morgan fingerprint density at radius 3 is 2.80 bits per heavy atom. The van der Waals surface area contributed by atoms with E-state index in [0.717, 1.165) is 5.56 Å². The average molecular weight is 409 g/mol. The molecule has 156 valence electrons. The van der Waals surface area contributed by atoms with Crippen molar-refractivity contribution in [3.63, 3.8) is 0 Å². The van der Waals surface area contributed by atoms with Gasteiger partial charge in [-0.2, -0.15) is 0 Å². The number of carbonyl (C=O) groups excluding carboxylic acids is 2. The molecule has 1 saturated heterocycles. The van der Waals surface area contributed by atoms with Crippen molar-refractivity contribution in [2.45, 2.75) is 19.3 Å². The highest BCUT2D eigenvalue weighted by Gasteiger charge is 2.32. The van der Waals surface area contributed by atoms with Crippen molar-refractivity contribution in [1.82, 2.24) is 19.5 Å². The number of hydrogen-bond donors (Lipinski definition) is 2. The lowest BCUT2D eigenvalue weighted by molar-refractivity contribution is -0.128. The van der Waals surface area contributed by atoms with Crippen LogP contribution in [0.25, 0.3) is 5.65 Å². The number of nitrogens with one attached hydrogen (secondary N) is 2. The summed E-state index contributed by atoms with van der Waals surface area (Å²) in [4.78, 5) is 43.9. The number of aromatic amines is 1. The number of ether oxygens (including phenoxy) is 1. The molecule has 1 aliphatic heterocycles. The molecule has 3 heterocycles. The number of aromatic nitrogens is 3. The second kappa shape index (κ2) is 8.11. The molecule has 2 N–H and O–H groups in total. The maximum Gasteiger partial charge on any atom is 0.272 e. The fraction of sp³-hybridized carbons (Fsp3) is 0.333. The summed E-state index contributed by atoms with van der Waals surface area (Å²) in [6.45, 7) is 3.39. The molecule has 0 radical (unpaired) electrons. The van der Waals surface area contributed by atoms with Crippen LogP contribution in [0.5, 0.6) is 0 Å². The Bertz CT molecular complexity index is 1150. The fourth-order valence-corrected chi connectivity index (χ4v) is 3.60. The minimum Gasteiger partial charge on any atom is -0.383 e. The van der Waals surface area contributed by atoms with Crippen molar-refractivity contribution in [3.05, 3.63) is 63.7 Å². The normalized spacial score (nSPS) is 16.4. The van der Waals surface area contributed by atoms with Crippen molar-refractivity contribution in [3.8, 4) is 0 Å². The van der Waals surface area contributed by atoms with Gasteiger partial charge in [-0.25, -0.2) is 9.50 Å². The van der Waals surface area contributed by atoms with Gasteiger partial charge in [0, 0.05) is 50.5 Å². The molecular weight excluding hydrogens is 386 g/mol. The molecule has 0 aliphatic carbocycles. The van der Waals surface area contributed by atoms with Crippen LogP contribution < -0.4 is 10.9 Å². The summed E-state index contributed by atoms with van der Waals surface area (Å²) in [6, 6.07) is 8.84. The number of rotatable bonds is 6. The van der Waals surface area contributed by atoms with E-state index in [2.05, 4.69) is 15.4 Å². The monoisotopic (exact) mass is 409 g/mol. The number of nitrogens with zero attached hydrogens (tertiary/aromatic N) is 3. The van der Waals surface area contributed by atoms with Crippen molar-refractivity contribution in [2.24, 2.45) is 0 Å². The Morgan fingerprint density at radius 2 is 2.07 bits per heavy atom. The summed E-state index contributed by atoms with van der Waals surface area (Å²) in [7, 11) is 1.59. The number of anilines is 1. The summed E-state index contributed by atoms with van der Waals surface area (Å²) in [5, 5.41) is 5.60. The van der Waals surface area contributed by atoms with Gasteiger partial charge in [-0.3, -0.25) is 19.5 Å². The molecule has 1 atom stereocenters. The lowest BCUT2D eigenvalue weighted by atomic mass is 10.0. The Morgan fingerprint density at radius 1 is 1.30 bits per heavy atom. The van der Waals surface area contributed by atoms with Gasteiger partial charge < -0.3 is 15.0 Å². The summed E-state index contributed by atoms with van der Waals surface area (Å²) < 4.78 is 6.27. The summed E-state index contributed by atoms with van der Waals surface area (Å²) in [5.41, 5.74) is 2.42. The van der Waals surface area contributed by atoms with Gasteiger partial charge in [0.2, 0.25) is 5.91 Å². The molecule has 9 nitrogen and oxygen atoms in total. The molecule has 3 aromatic rings. The highest BCUT2D eigenvalue weighted by molar-refractivity contribution is 6.08. The van der Waals surface area contributed by atoms with Crippen molar-refractivity contribution in [1.29, 1.82) is 0 Å². The number of amides is 2. The maximum absolute atomic E-state index is 12.8. The third-order valence-electron chi connectivity index (χ3n) is 5.27. The van der Waals surface area contributed by atoms with Gasteiger partial charge in [-0.05, 0) is 19.1 Å². The second-order valence-electron chi connectivity index (χ2n) is 7.42. The summed E-state index contributed by atoms with van der Waals surface area (Å²) in [5.74, 6) is -0.564. The standard InChI is InChI=1S/C21H23N5O4/c1-13-3-5-15(6-4-13)23-21(29)16-11-22-26-19(28)10-17(24-20(16)26)14-9-18(27)25(12-14)7-8-30-2/h3-6,10-11,14,22H,7-9,12H2,1-2H3,(H,23,29)/t14-/m0/s1. The van der Waals surface area contributed by atoms with Gasteiger partial charge in [0.1, 0.15) is 5.56 Å². The number of aryl methyl sites for hydroxylation is 1. The third kappa shape index (κ3) is 3.84. The van der Waals surface area contributed by atoms with Crippen LogP contribution >= 0.6 is 0 Å². The quantitative estimate of drug-likeness (QED) is 0.642. The molecule has 1 aliphatic rings. The Balaban J connectivity index is 1.61. The van der Waals surface area contributed by atoms with Crippen LogP contribution in [-0.2, 0) is 9.53 Å².